The molecule has 0 fully saturated rings. The second-order valence-corrected chi connectivity index (χ2v) is 8.28. The number of carbonyl (C=O) groups excluding carboxylic acids is 4. The number of amides is 3. The number of fused-ring (bicyclic) bond motifs is 1. The molecule has 3 aromatic carbocycles. The van der Waals surface area contributed by atoms with Gasteiger partial charge in [0.1, 0.15) is 6.04 Å². The minimum Gasteiger partial charge on any atom is -0.454 e. The summed E-state index contributed by atoms with van der Waals surface area (Å²) in [6.45, 7) is 1.21. The van der Waals surface area contributed by atoms with Crippen LogP contribution in [0.5, 0.6) is 0 Å². The fourth-order valence-electron chi connectivity index (χ4n) is 3.79. The van der Waals surface area contributed by atoms with Crippen LogP contribution in [-0.4, -0.2) is 41.2 Å². The molecular weight excluding hydrogens is 456 g/mol. The number of carbonyl (C=O) groups is 4. The first-order valence-corrected chi connectivity index (χ1v) is 11.0. The van der Waals surface area contributed by atoms with E-state index in [-0.39, 0.29) is 17.5 Å². The molecule has 1 atom stereocenters. The van der Waals surface area contributed by atoms with Crippen molar-refractivity contribution >= 4 is 41.0 Å². The van der Waals surface area contributed by atoms with E-state index in [1.807, 2.05) is 6.07 Å². The molecule has 8 heteroatoms. The summed E-state index contributed by atoms with van der Waals surface area (Å²) in [5, 5.41) is 3.19. The van der Waals surface area contributed by atoms with Crippen LogP contribution in [0.4, 0.5) is 5.69 Å². The van der Waals surface area contributed by atoms with E-state index in [9.17, 15) is 19.2 Å². The van der Waals surface area contributed by atoms with Gasteiger partial charge in [-0.3, -0.25) is 19.3 Å². The first-order valence-electron chi connectivity index (χ1n) is 10.6. The third kappa shape index (κ3) is 4.84. The van der Waals surface area contributed by atoms with Crippen LogP contribution in [0, 0.1) is 6.92 Å². The molecule has 1 aliphatic rings. The maximum atomic E-state index is 13.1. The fraction of sp³-hybridized carbons (Fsp3) is 0.154. The lowest BCUT2D eigenvalue weighted by Gasteiger charge is -2.24. The summed E-state index contributed by atoms with van der Waals surface area (Å²) in [5.41, 5.74) is 2.48. The monoisotopic (exact) mass is 476 g/mol. The quantitative estimate of drug-likeness (QED) is 0.410. The van der Waals surface area contributed by atoms with Crippen molar-refractivity contribution in [2.24, 2.45) is 0 Å². The zero-order valence-corrected chi connectivity index (χ0v) is 19.0. The molecule has 34 heavy (non-hydrogen) atoms. The standard InChI is InChI=1S/C26H21ClN2O5/c1-16-13-18(27)11-12-21(16)28-23(30)15-34-26(33)22(14-17-7-3-2-4-8-17)29-24(31)19-9-5-6-10-20(19)25(29)32/h2-13,22H,14-15H2,1H3,(H,28,30)/t22-/m1/s1. The zero-order chi connectivity index (χ0) is 24.2. The minimum atomic E-state index is -1.22. The first-order chi connectivity index (χ1) is 16.3. The van der Waals surface area contributed by atoms with Crippen molar-refractivity contribution in [3.8, 4) is 0 Å². The van der Waals surface area contributed by atoms with Gasteiger partial charge in [0.2, 0.25) is 0 Å². The number of benzene rings is 3. The molecule has 3 amide bonds. The Morgan fingerprint density at radius 3 is 2.18 bits per heavy atom. The van der Waals surface area contributed by atoms with Gasteiger partial charge in [-0.2, -0.15) is 0 Å². The summed E-state index contributed by atoms with van der Waals surface area (Å²) in [5.74, 6) is -2.54. The lowest BCUT2D eigenvalue weighted by atomic mass is 10.0. The maximum Gasteiger partial charge on any atom is 0.330 e. The second kappa shape index (κ2) is 9.89. The number of ether oxygens (including phenoxy) is 1. The third-order valence-electron chi connectivity index (χ3n) is 5.49. The molecule has 0 saturated heterocycles. The highest BCUT2D eigenvalue weighted by Gasteiger charge is 2.43. The molecule has 0 saturated carbocycles. The van der Waals surface area contributed by atoms with Crippen molar-refractivity contribution in [3.63, 3.8) is 0 Å². The summed E-state index contributed by atoms with van der Waals surface area (Å²) in [6, 6.07) is 19.1. The lowest BCUT2D eigenvalue weighted by Crippen LogP contribution is -2.47. The van der Waals surface area contributed by atoms with Gasteiger partial charge >= 0.3 is 5.97 Å². The van der Waals surface area contributed by atoms with E-state index in [0.29, 0.717) is 10.7 Å². The number of hydrogen-bond acceptors (Lipinski definition) is 5. The van der Waals surface area contributed by atoms with Crippen LogP contribution in [-0.2, 0) is 20.7 Å². The molecule has 1 N–H and O–H groups in total. The number of imide groups is 1. The second-order valence-electron chi connectivity index (χ2n) is 7.85. The molecule has 0 unspecified atom stereocenters. The van der Waals surface area contributed by atoms with Crippen molar-refractivity contribution < 1.29 is 23.9 Å². The molecule has 4 rings (SSSR count). The highest BCUT2D eigenvalue weighted by molar-refractivity contribution is 6.30. The van der Waals surface area contributed by atoms with E-state index >= 15 is 0 Å². The topological polar surface area (TPSA) is 92.8 Å². The largest absolute Gasteiger partial charge is 0.454 e. The molecule has 7 nitrogen and oxygen atoms in total. The molecule has 0 aromatic heterocycles. The van der Waals surface area contributed by atoms with Crippen molar-refractivity contribution in [3.05, 3.63) is 100 Å². The number of nitrogens with one attached hydrogen (secondary N) is 1. The molecule has 0 spiro atoms. The van der Waals surface area contributed by atoms with Crippen molar-refractivity contribution in [2.45, 2.75) is 19.4 Å². The number of anilines is 1. The molecule has 172 valence electrons. The summed E-state index contributed by atoms with van der Waals surface area (Å²) >= 11 is 5.94. The Kier molecular flexibility index (Phi) is 6.75. The van der Waals surface area contributed by atoms with E-state index in [1.165, 1.54) is 0 Å². The molecule has 0 bridgehead atoms. The van der Waals surface area contributed by atoms with Crippen molar-refractivity contribution in [1.29, 1.82) is 0 Å². The number of esters is 1. The Hall–Kier alpha value is -3.97. The van der Waals surface area contributed by atoms with Gasteiger partial charge in [-0.1, -0.05) is 54.1 Å². The van der Waals surface area contributed by atoms with Gasteiger partial charge in [0.05, 0.1) is 11.1 Å². The summed E-state index contributed by atoms with van der Waals surface area (Å²) < 4.78 is 5.26. The summed E-state index contributed by atoms with van der Waals surface area (Å²) in [4.78, 5) is 52.4. The molecule has 0 radical (unpaired) electrons. The summed E-state index contributed by atoms with van der Waals surface area (Å²) in [6.07, 6.45) is 0.0586. The predicted molar refractivity (Wildman–Crippen MR) is 127 cm³/mol. The summed E-state index contributed by atoms with van der Waals surface area (Å²) in [7, 11) is 0. The smallest absolute Gasteiger partial charge is 0.330 e. The molecule has 1 aliphatic heterocycles. The fourth-order valence-corrected chi connectivity index (χ4v) is 4.02. The number of halogens is 1. The average molecular weight is 477 g/mol. The number of hydrogen-bond donors (Lipinski definition) is 1. The van der Waals surface area contributed by atoms with Crippen molar-refractivity contribution in [1.82, 2.24) is 4.90 Å². The molecule has 1 heterocycles. The van der Waals surface area contributed by atoms with Gasteiger partial charge in [-0.05, 0) is 48.4 Å². The van der Waals surface area contributed by atoms with Crippen LogP contribution in [0.15, 0.2) is 72.8 Å². The Bertz CT molecular complexity index is 1240. The Balaban J connectivity index is 1.51. The number of rotatable bonds is 7. The van der Waals surface area contributed by atoms with Gasteiger partial charge in [-0.15, -0.1) is 0 Å². The Morgan fingerprint density at radius 2 is 1.56 bits per heavy atom. The van der Waals surface area contributed by atoms with Crippen LogP contribution in [0.25, 0.3) is 0 Å². The van der Waals surface area contributed by atoms with Crippen molar-refractivity contribution in [2.75, 3.05) is 11.9 Å². The van der Waals surface area contributed by atoms with Crippen LogP contribution >= 0.6 is 11.6 Å². The predicted octanol–water partition coefficient (Wildman–Crippen LogP) is 4.04. The van der Waals surface area contributed by atoms with Gasteiger partial charge in [0.15, 0.2) is 6.61 Å². The van der Waals surface area contributed by atoms with Crippen LogP contribution < -0.4 is 5.32 Å². The highest BCUT2D eigenvalue weighted by Crippen LogP contribution is 2.26. The van der Waals surface area contributed by atoms with Gasteiger partial charge in [0, 0.05) is 17.1 Å². The lowest BCUT2D eigenvalue weighted by molar-refractivity contribution is -0.151. The number of nitrogens with zero attached hydrogens (tertiary/aromatic N) is 1. The van der Waals surface area contributed by atoms with Gasteiger partial charge in [-0.25, -0.2) is 4.79 Å². The Labute approximate surface area is 201 Å². The molecular formula is C26H21ClN2O5. The molecule has 3 aromatic rings. The van der Waals surface area contributed by atoms with E-state index < -0.39 is 36.3 Å². The van der Waals surface area contributed by atoms with Crippen LogP contribution in [0.2, 0.25) is 5.02 Å². The first kappa shape index (κ1) is 23.2. The Morgan fingerprint density at radius 1 is 0.941 bits per heavy atom. The highest BCUT2D eigenvalue weighted by atomic mass is 35.5. The van der Waals surface area contributed by atoms with Crippen LogP contribution in [0.3, 0.4) is 0 Å². The minimum absolute atomic E-state index is 0.0586. The van der Waals surface area contributed by atoms with E-state index in [4.69, 9.17) is 16.3 Å². The van der Waals surface area contributed by atoms with E-state index in [1.54, 1.807) is 73.7 Å². The van der Waals surface area contributed by atoms with Gasteiger partial charge in [0.25, 0.3) is 17.7 Å². The maximum absolute atomic E-state index is 13.1. The zero-order valence-electron chi connectivity index (χ0n) is 18.3. The van der Waals surface area contributed by atoms with Gasteiger partial charge < -0.3 is 10.1 Å². The van der Waals surface area contributed by atoms with E-state index in [0.717, 1.165) is 16.0 Å². The SMILES string of the molecule is Cc1cc(Cl)ccc1NC(=O)COC(=O)[C@@H](Cc1ccccc1)N1C(=O)c2ccccc2C1=O. The van der Waals surface area contributed by atoms with Crippen LogP contribution in [0.1, 0.15) is 31.8 Å². The average Bonchev–Trinajstić information content (AvgIpc) is 3.08. The normalized spacial score (nSPS) is 13.4. The molecule has 0 aliphatic carbocycles. The van der Waals surface area contributed by atoms with E-state index in [2.05, 4.69) is 5.32 Å². The number of aryl methyl sites for hydroxylation is 1. The third-order valence-corrected chi connectivity index (χ3v) is 5.72.